The monoisotopic (exact) mass is 322 g/mol. The van der Waals surface area contributed by atoms with Gasteiger partial charge in [0.25, 0.3) is 0 Å². The summed E-state index contributed by atoms with van der Waals surface area (Å²) in [6, 6.07) is 0. The first-order valence-corrected chi connectivity index (χ1v) is 3.62. The molecule has 94 valence electrons. The molecular formula is C6H20CdN6O2-6. The minimum atomic E-state index is 0. The smallest absolute Gasteiger partial charge is 0.870 e. The quantitative estimate of drug-likeness (QED) is 0.719. The molecule has 0 spiro atoms. The van der Waals surface area contributed by atoms with Crippen LogP contribution in [0.5, 0.6) is 0 Å². The molecule has 0 unspecified atom stereocenters. The third kappa shape index (κ3) is 179. The molecular weight excluding hydrogens is 301 g/mol. The Morgan fingerprint density at radius 2 is 0.467 bits per heavy atom. The van der Waals surface area contributed by atoms with E-state index in [4.69, 9.17) is 34.4 Å². The van der Waals surface area contributed by atoms with Crippen molar-refractivity contribution in [2.45, 2.75) is 0 Å². The zero-order chi connectivity index (χ0) is 10.2. The van der Waals surface area contributed by atoms with Crippen LogP contribution in [-0.2, 0) is 27.3 Å². The van der Waals surface area contributed by atoms with Gasteiger partial charge in [0, 0.05) is 0 Å². The molecule has 8 N–H and O–H groups in total. The van der Waals surface area contributed by atoms with Crippen LogP contribution in [0.4, 0.5) is 0 Å². The zero-order valence-corrected chi connectivity index (χ0v) is 12.9. The number of hydrogen-bond acceptors (Lipinski definition) is 2. The maximum Gasteiger partial charge on any atom is 2.00 e. The molecule has 0 aliphatic heterocycles. The SMILES string of the molecule is [Cd+2].[NH-]CC[NH-].[NH-]CC[NH-].[NH-]CC[NH-].[OH-].[OH-]. The van der Waals surface area contributed by atoms with Crippen LogP contribution in [0.3, 0.4) is 0 Å². The van der Waals surface area contributed by atoms with Gasteiger partial charge in [0.05, 0.1) is 0 Å². The Hall–Kier alpha value is 0.602. The van der Waals surface area contributed by atoms with Crippen LogP contribution in [0, 0.1) is 0 Å². The van der Waals surface area contributed by atoms with Crippen molar-refractivity contribution in [2.24, 2.45) is 0 Å². The van der Waals surface area contributed by atoms with Gasteiger partial charge in [-0.3, -0.25) is 0 Å². The molecule has 0 saturated carbocycles. The van der Waals surface area contributed by atoms with Crippen LogP contribution in [-0.4, -0.2) is 50.2 Å². The Morgan fingerprint density at radius 1 is 0.400 bits per heavy atom. The fourth-order valence-corrected chi connectivity index (χ4v) is 0. The summed E-state index contributed by atoms with van der Waals surface area (Å²) in [4.78, 5) is 0. The summed E-state index contributed by atoms with van der Waals surface area (Å²) in [5, 5.41) is 0. The van der Waals surface area contributed by atoms with Crippen LogP contribution in [0.1, 0.15) is 0 Å². The van der Waals surface area contributed by atoms with Gasteiger partial charge < -0.3 is 45.4 Å². The first-order valence-electron chi connectivity index (χ1n) is 3.62. The summed E-state index contributed by atoms with van der Waals surface area (Å²) in [5.74, 6) is 0. The molecule has 0 bridgehead atoms. The maximum absolute atomic E-state index is 6.26. The maximum atomic E-state index is 6.26. The van der Waals surface area contributed by atoms with Crippen LogP contribution >= 0.6 is 0 Å². The van der Waals surface area contributed by atoms with E-state index in [2.05, 4.69) is 0 Å². The number of hydrogen-bond donors (Lipinski definition) is 0. The van der Waals surface area contributed by atoms with Crippen LogP contribution in [0.15, 0.2) is 0 Å². The molecule has 0 atom stereocenters. The fourth-order valence-electron chi connectivity index (χ4n) is 0. The van der Waals surface area contributed by atoms with Gasteiger partial charge in [-0.15, -0.1) is 0 Å². The van der Waals surface area contributed by atoms with Gasteiger partial charge in [0.15, 0.2) is 0 Å². The Kier molecular flexibility index (Phi) is 149. The molecule has 9 heteroatoms. The van der Waals surface area contributed by atoms with E-state index in [9.17, 15) is 0 Å². The predicted molar refractivity (Wildman–Crippen MR) is 59.0 cm³/mol. The van der Waals surface area contributed by atoms with Crippen molar-refractivity contribution in [3.63, 3.8) is 0 Å². The molecule has 0 heterocycles. The van der Waals surface area contributed by atoms with Gasteiger partial charge in [0.2, 0.25) is 0 Å². The second-order valence-electron chi connectivity index (χ2n) is 1.50. The van der Waals surface area contributed by atoms with Gasteiger partial charge >= 0.3 is 27.3 Å². The van der Waals surface area contributed by atoms with E-state index >= 15 is 0 Å². The van der Waals surface area contributed by atoms with Crippen molar-refractivity contribution >= 4 is 0 Å². The predicted octanol–water partition coefficient (Wildman–Crippen LogP) is 2.92. The molecule has 0 saturated heterocycles. The van der Waals surface area contributed by atoms with Crippen LogP contribution in [0.25, 0.3) is 34.4 Å². The molecule has 0 radical (unpaired) electrons. The number of rotatable bonds is 3. The summed E-state index contributed by atoms with van der Waals surface area (Å²) in [6.07, 6.45) is 0. The van der Waals surface area contributed by atoms with Gasteiger partial charge in [0.1, 0.15) is 0 Å². The third-order valence-corrected chi connectivity index (χ3v) is 0.375. The summed E-state index contributed by atoms with van der Waals surface area (Å²) in [6.45, 7) is 1.42. The molecule has 0 aromatic heterocycles. The molecule has 8 nitrogen and oxygen atoms in total. The third-order valence-electron chi connectivity index (χ3n) is 0.375. The van der Waals surface area contributed by atoms with Crippen LogP contribution in [0.2, 0.25) is 0 Å². The van der Waals surface area contributed by atoms with E-state index in [1.54, 1.807) is 0 Å². The van der Waals surface area contributed by atoms with Crippen molar-refractivity contribution in [1.29, 1.82) is 0 Å². The van der Waals surface area contributed by atoms with Crippen LogP contribution < -0.4 is 0 Å². The van der Waals surface area contributed by atoms with Gasteiger partial charge in [-0.1, -0.05) is 0 Å². The first-order chi connectivity index (χ1) is 5.74. The Bertz CT molecular complexity index is 41.1. The molecule has 0 fully saturated rings. The van der Waals surface area contributed by atoms with E-state index in [1.807, 2.05) is 0 Å². The van der Waals surface area contributed by atoms with Gasteiger partial charge in [-0.25, -0.2) is 0 Å². The molecule has 0 rings (SSSR count). The van der Waals surface area contributed by atoms with Crippen molar-refractivity contribution in [3.05, 3.63) is 34.4 Å². The van der Waals surface area contributed by atoms with Crippen molar-refractivity contribution in [2.75, 3.05) is 39.3 Å². The molecule has 0 aromatic rings. The average Bonchev–Trinajstić information content (AvgIpc) is 2.18. The normalized spacial score (nSPS) is 6.00. The minimum absolute atomic E-state index is 0. The van der Waals surface area contributed by atoms with E-state index in [0.717, 1.165) is 0 Å². The first kappa shape index (κ1) is 36.1. The summed E-state index contributed by atoms with van der Waals surface area (Å²) >= 11 is 0. The van der Waals surface area contributed by atoms with Gasteiger partial charge in [-0.05, 0) is 0 Å². The van der Waals surface area contributed by atoms with E-state index in [0.29, 0.717) is 0 Å². The summed E-state index contributed by atoms with van der Waals surface area (Å²) < 4.78 is 0. The summed E-state index contributed by atoms with van der Waals surface area (Å²) in [7, 11) is 0. The zero-order valence-electron chi connectivity index (χ0n) is 8.84. The van der Waals surface area contributed by atoms with Crippen molar-refractivity contribution in [1.82, 2.24) is 0 Å². The topological polar surface area (TPSA) is 203 Å². The van der Waals surface area contributed by atoms with Crippen molar-refractivity contribution in [3.8, 4) is 0 Å². The van der Waals surface area contributed by atoms with E-state index in [-0.39, 0.29) is 77.5 Å². The Morgan fingerprint density at radius 3 is 0.467 bits per heavy atom. The second kappa shape index (κ2) is 62.0. The summed E-state index contributed by atoms with van der Waals surface area (Å²) in [5.41, 5.74) is 37.6. The fraction of sp³-hybridized carbons (Fsp3) is 1.00. The van der Waals surface area contributed by atoms with E-state index in [1.165, 1.54) is 0 Å². The van der Waals surface area contributed by atoms with Crippen molar-refractivity contribution < 1.29 is 38.3 Å². The molecule has 15 heavy (non-hydrogen) atoms. The number of nitrogens with one attached hydrogen (secondary N) is 6. The largest absolute Gasteiger partial charge is 2.00 e. The molecule has 0 amide bonds. The molecule has 0 aliphatic rings. The second-order valence-corrected chi connectivity index (χ2v) is 1.50. The minimum Gasteiger partial charge on any atom is -0.870 e. The standard InChI is InChI=1S/3C2H6N2.Cd.2H2O/c3*3-1-2-4;;;/h3*3-4H,1-2H2;;2*1H2/q3*-2;+2;;/p-2. The average molecular weight is 321 g/mol. The Balaban J connectivity index is -0.0000000184. The van der Waals surface area contributed by atoms with E-state index < -0.39 is 0 Å². The molecule has 0 aliphatic carbocycles. The Labute approximate surface area is 112 Å². The van der Waals surface area contributed by atoms with Gasteiger partial charge in [-0.2, -0.15) is 39.3 Å². The molecule has 0 aromatic carbocycles.